The molecule has 0 aromatic carbocycles. The van der Waals surface area contributed by atoms with E-state index in [1.165, 1.54) is 4.88 Å². The molecule has 0 atom stereocenters. The molecule has 2 aromatic rings. The van der Waals surface area contributed by atoms with Crippen molar-refractivity contribution >= 4 is 22.9 Å². The van der Waals surface area contributed by atoms with Crippen molar-refractivity contribution in [2.45, 2.75) is 13.3 Å². The number of anilines is 1. The number of pyridine rings is 1. The van der Waals surface area contributed by atoms with Crippen molar-refractivity contribution in [3.05, 3.63) is 45.9 Å². The third kappa shape index (κ3) is 3.36. The van der Waals surface area contributed by atoms with Crippen molar-refractivity contribution in [1.29, 1.82) is 0 Å². The van der Waals surface area contributed by atoms with Crippen molar-refractivity contribution in [2.75, 3.05) is 26.0 Å². The number of aromatic nitrogens is 1. The van der Waals surface area contributed by atoms with Gasteiger partial charge in [0, 0.05) is 37.4 Å². The number of carbonyl (C=O) groups is 1. The standard InChI is InChI=1S/C15H19N3OS/c1-11-9-14(16-2)13(10-17-11)15(19)18(3)7-6-12-5-4-8-20-12/h4-5,8-10H,6-7H2,1-3H3,(H,16,17). The molecule has 0 fully saturated rings. The highest BCUT2D eigenvalue weighted by atomic mass is 32.1. The number of nitrogens with zero attached hydrogens (tertiary/aromatic N) is 2. The maximum absolute atomic E-state index is 12.4. The fourth-order valence-corrected chi connectivity index (χ4v) is 2.68. The van der Waals surface area contributed by atoms with Gasteiger partial charge in [0.1, 0.15) is 0 Å². The fourth-order valence-electron chi connectivity index (χ4n) is 1.98. The topological polar surface area (TPSA) is 45.2 Å². The molecule has 2 heterocycles. The van der Waals surface area contributed by atoms with Crippen molar-refractivity contribution in [2.24, 2.45) is 0 Å². The fraction of sp³-hybridized carbons (Fsp3) is 0.333. The Balaban J connectivity index is 2.06. The van der Waals surface area contributed by atoms with Gasteiger partial charge in [-0.15, -0.1) is 11.3 Å². The predicted molar refractivity (Wildman–Crippen MR) is 83.5 cm³/mol. The summed E-state index contributed by atoms with van der Waals surface area (Å²) < 4.78 is 0. The lowest BCUT2D eigenvalue weighted by atomic mass is 10.2. The van der Waals surface area contributed by atoms with Crippen LogP contribution in [0.3, 0.4) is 0 Å². The van der Waals surface area contributed by atoms with E-state index < -0.39 is 0 Å². The monoisotopic (exact) mass is 289 g/mol. The van der Waals surface area contributed by atoms with Crippen LogP contribution in [0.4, 0.5) is 5.69 Å². The maximum atomic E-state index is 12.4. The molecule has 1 N–H and O–H groups in total. The minimum absolute atomic E-state index is 0.00148. The molecule has 0 aliphatic rings. The number of nitrogens with one attached hydrogen (secondary N) is 1. The highest BCUT2D eigenvalue weighted by Gasteiger charge is 2.16. The van der Waals surface area contributed by atoms with Crippen LogP contribution in [0.15, 0.2) is 29.8 Å². The van der Waals surface area contributed by atoms with Crippen LogP contribution in [0.1, 0.15) is 20.9 Å². The molecular weight excluding hydrogens is 270 g/mol. The Morgan fingerprint density at radius 3 is 2.95 bits per heavy atom. The number of hydrogen-bond acceptors (Lipinski definition) is 4. The maximum Gasteiger partial charge on any atom is 0.257 e. The van der Waals surface area contributed by atoms with E-state index in [-0.39, 0.29) is 5.91 Å². The number of aryl methyl sites for hydroxylation is 1. The first-order valence-electron chi connectivity index (χ1n) is 6.54. The molecule has 1 amide bonds. The van der Waals surface area contributed by atoms with E-state index in [2.05, 4.69) is 21.7 Å². The molecule has 2 aromatic heterocycles. The van der Waals surface area contributed by atoms with Gasteiger partial charge in [0.05, 0.1) is 11.3 Å². The molecule has 0 spiro atoms. The number of carbonyl (C=O) groups excluding carboxylic acids is 1. The Hall–Kier alpha value is -1.88. The Morgan fingerprint density at radius 1 is 1.50 bits per heavy atom. The summed E-state index contributed by atoms with van der Waals surface area (Å²) in [6, 6.07) is 6.01. The van der Waals surface area contributed by atoms with Crippen LogP contribution in [0.5, 0.6) is 0 Å². The Labute approximate surface area is 123 Å². The Bertz CT molecular complexity index is 581. The second kappa shape index (κ2) is 6.52. The lowest BCUT2D eigenvalue weighted by Crippen LogP contribution is -2.29. The predicted octanol–water partition coefficient (Wildman–Crippen LogP) is 2.81. The van der Waals surface area contributed by atoms with Crippen molar-refractivity contribution in [3.63, 3.8) is 0 Å². The Morgan fingerprint density at radius 2 is 2.30 bits per heavy atom. The molecule has 0 saturated heterocycles. The van der Waals surface area contributed by atoms with E-state index in [0.29, 0.717) is 12.1 Å². The molecule has 0 aliphatic heterocycles. The molecule has 0 radical (unpaired) electrons. The summed E-state index contributed by atoms with van der Waals surface area (Å²) in [7, 11) is 3.65. The summed E-state index contributed by atoms with van der Waals surface area (Å²) in [6.45, 7) is 2.62. The van der Waals surface area contributed by atoms with Crippen LogP contribution in [-0.2, 0) is 6.42 Å². The third-order valence-electron chi connectivity index (χ3n) is 3.16. The quantitative estimate of drug-likeness (QED) is 0.920. The van der Waals surface area contributed by atoms with E-state index in [1.54, 1.807) is 22.4 Å². The van der Waals surface area contributed by atoms with E-state index in [1.807, 2.05) is 33.2 Å². The smallest absolute Gasteiger partial charge is 0.257 e. The first kappa shape index (κ1) is 14.5. The van der Waals surface area contributed by atoms with E-state index in [0.717, 1.165) is 17.8 Å². The molecule has 20 heavy (non-hydrogen) atoms. The van der Waals surface area contributed by atoms with Gasteiger partial charge >= 0.3 is 0 Å². The first-order chi connectivity index (χ1) is 9.61. The average molecular weight is 289 g/mol. The highest BCUT2D eigenvalue weighted by Crippen LogP contribution is 2.17. The first-order valence-corrected chi connectivity index (χ1v) is 7.42. The summed E-state index contributed by atoms with van der Waals surface area (Å²) >= 11 is 1.72. The normalized spacial score (nSPS) is 10.3. The van der Waals surface area contributed by atoms with Crippen LogP contribution in [0, 0.1) is 6.92 Å². The molecule has 5 heteroatoms. The molecule has 0 saturated carbocycles. The SMILES string of the molecule is CNc1cc(C)ncc1C(=O)N(C)CCc1cccs1. The van der Waals surface area contributed by atoms with Gasteiger partial charge in [0.25, 0.3) is 5.91 Å². The van der Waals surface area contributed by atoms with Gasteiger partial charge in [-0.25, -0.2) is 0 Å². The van der Waals surface area contributed by atoms with Crippen molar-refractivity contribution < 1.29 is 4.79 Å². The molecule has 0 aliphatic carbocycles. The second-order valence-corrected chi connectivity index (χ2v) is 5.71. The van der Waals surface area contributed by atoms with Gasteiger partial charge in [-0.05, 0) is 30.9 Å². The average Bonchev–Trinajstić information content (AvgIpc) is 2.97. The summed E-state index contributed by atoms with van der Waals surface area (Å²) in [6.07, 6.45) is 2.53. The minimum atomic E-state index is -0.00148. The summed E-state index contributed by atoms with van der Waals surface area (Å²) in [5, 5.41) is 5.11. The lowest BCUT2D eigenvalue weighted by Gasteiger charge is -2.18. The molecule has 2 rings (SSSR count). The summed E-state index contributed by atoms with van der Waals surface area (Å²) in [5.74, 6) is -0.00148. The van der Waals surface area contributed by atoms with E-state index >= 15 is 0 Å². The number of amides is 1. The van der Waals surface area contributed by atoms with Crippen molar-refractivity contribution in [3.8, 4) is 0 Å². The highest BCUT2D eigenvalue weighted by molar-refractivity contribution is 7.09. The molecule has 106 valence electrons. The van der Waals surface area contributed by atoms with Crippen LogP contribution in [0.2, 0.25) is 0 Å². The molecule has 0 bridgehead atoms. The number of hydrogen-bond donors (Lipinski definition) is 1. The number of rotatable bonds is 5. The van der Waals surface area contributed by atoms with Crippen molar-refractivity contribution in [1.82, 2.24) is 9.88 Å². The van der Waals surface area contributed by atoms with E-state index in [9.17, 15) is 4.79 Å². The lowest BCUT2D eigenvalue weighted by molar-refractivity contribution is 0.0797. The van der Waals surface area contributed by atoms with Crippen LogP contribution >= 0.6 is 11.3 Å². The molecule has 0 unspecified atom stereocenters. The molecule has 4 nitrogen and oxygen atoms in total. The van der Waals surface area contributed by atoms with Crippen LogP contribution in [-0.4, -0.2) is 36.4 Å². The summed E-state index contributed by atoms with van der Waals surface area (Å²) in [5.41, 5.74) is 2.34. The number of thiophene rings is 1. The van der Waals surface area contributed by atoms with Gasteiger partial charge in [0.2, 0.25) is 0 Å². The zero-order valence-corrected chi connectivity index (χ0v) is 12.8. The van der Waals surface area contributed by atoms with Gasteiger partial charge in [0.15, 0.2) is 0 Å². The largest absolute Gasteiger partial charge is 0.387 e. The van der Waals surface area contributed by atoms with Gasteiger partial charge in [-0.1, -0.05) is 6.07 Å². The second-order valence-electron chi connectivity index (χ2n) is 4.68. The van der Waals surface area contributed by atoms with E-state index in [4.69, 9.17) is 0 Å². The third-order valence-corrected chi connectivity index (χ3v) is 4.10. The number of likely N-dealkylation sites (N-methyl/N-ethyl adjacent to an activating group) is 1. The van der Waals surface area contributed by atoms with Crippen LogP contribution < -0.4 is 5.32 Å². The zero-order chi connectivity index (χ0) is 14.5. The minimum Gasteiger partial charge on any atom is -0.387 e. The zero-order valence-electron chi connectivity index (χ0n) is 12.0. The Kier molecular flexibility index (Phi) is 4.74. The van der Waals surface area contributed by atoms with Gasteiger partial charge in [-0.2, -0.15) is 0 Å². The summed E-state index contributed by atoms with van der Waals surface area (Å²) in [4.78, 5) is 19.7. The van der Waals surface area contributed by atoms with Crippen LogP contribution in [0.25, 0.3) is 0 Å². The molecular formula is C15H19N3OS. The van der Waals surface area contributed by atoms with Gasteiger partial charge < -0.3 is 10.2 Å². The van der Waals surface area contributed by atoms with Gasteiger partial charge in [-0.3, -0.25) is 9.78 Å².